The SMILES string of the molecule is COc1ccc(C=O)cc1-c1cccc2c1OCCO2.COc1ccc(C=O)cc1B(O)O. The lowest BCUT2D eigenvalue weighted by Gasteiger charge is -2.21. The van der Waals surface area contributed by atoms with Gasteiger partial charge in [0.05, 0.1) is 14.2 Å². The molecule has 0 saturated carbocycles. The van der Waals surface area contributed by atoms with Crippen LogP contribution in [0.4, 0.5) is 0 Å². The molecule has 9 heteroatoms. The molecule has 0 amide bonds. The molecule has 0 radical (unpaired) electrons. The first-order chi connectivity index (χ1) is 16.0. The average molecular weight is 450 g/mol. The van der Waals surface area contributed by atoms with E-state index in [1.807, 2.05) is 18.2 Å². The zero-order valence-electron chi connectivity index (χ0n) is 18.2. The summed E-state index contributed by atoms with van der Waals surface area (Å²) in [4.78, 5) is 21.4. The van der Waals surface area contributed by atoms with E-state index < -0.39 is 7.12 Å². The number of rotatable bonds is 6. The molecule has 4 rings (SSSR count). The largest absolute Gasteiger partial charge is 0.497 e. The Morgan fingerprint density at radius 1 is 0.818 bits per heavy atom. The molecular formula is C24H23BO8. The van der Waals surface area contributed by atoms with Gasteiger partial charge in [-0.25, -0.2) is 0 Å². The fourth-order valence-corrected chi connectivity index (χ4v) is 3.32. The summed E-state index contributed by atoms with van der Waals surface area (Å²) < 4.78 is 21.5. The van der Waals surface area contributed by atoms with Crippen molar-refractivity contribution in [2.45, 2.75) is 0 Å². The van der Waals surface area contributed by atoms with Gasteiger partial charge in [0, 0.05) is 27.7 Å². The Hall–Kier alpha value is -3.82. The van der Waals surface area contributed by atoms with E-state index in [0.717, 1.165) is 17.4 Å². The first-order valence-corrected chi connectivity index (χ1v) is 10.0. The van der Waals surface area contributed by atoms with Crippen molar-refractivity contribution in [1.29, 1.82) is 0 Å². The molecule has 1 heterocycles. The van der Waals surface area contributed by atoms with Gasteiger partial charge in [0.15, 0.2) is 11.5 Å². The summed E-state index contributed by atoms with van der Waals surface area (Å²) in [6.07, 6.45) is 1.45. The molecule has 0 atom stereocenters. The van der Waals surface area contributed by atoms with Crippen molar-refractivity contribution in [3.05, 3.63) is 65.7 Å². The number of ether oxygens (including phenoxy) is 4. The van der Waals surface area contributed by atoms with Gasteiger partial charge in [0.2, 0.25) is 0 Å². The molecule has 0 spiro atoms. The maximum atomic E-state index is 11.0. The van der Waals surface area contributed by atoms with Gasteiger partial charge in [-0.15, -0.1) is 0 Å². The summed E-state index contributed by atoms with van der Waals surface area (Å²) in [7, 11) is 1.39. The highest BCUT2D eigenvalue weighted by Gasteiger charge is 2.19. The van der Waals surface area contributed by atoms with Crippen LogP contribution in [-0.4, -0.2) is 57.2 Å². The highest BCUT2D eigenvalue weighted by molar-refractivity contribution is 6.59. The first-order valence-electron chi connectivity index (χ1n) is 10.0. The second kappa shape index (κ2) is 11.2. The lowest BCUT2D eigenvalue weighted by atomic mass is 9.79. The number of hydrogen-bond acceptors (Lipinski definition) is 8. The van der Waals surface area contributed by atoms with E-state index >= 15 is 0 Å². The average Bonchev–Trinajstić information content (AvgIpc) is 2.87. The number of benzene rings is 3. The first kappa shape index (κ1) is 23.8. The molecule has 1 aliphatic rings. The predicted molar refractivity (Wildman–Crippen MR) is 123 cm³/mol. The van der Waals surface area contributed by atoms with E-state index in [-0.39, 0.29) is 5.46 Å². The van der Waals surface area contributed by atoms with E-state index in [0.29, 0.717) is 53.6 Å². The topological polar surface area (TPSA) is 112 Å². The molecule has 3 aromatic carbocycles. The van der Waals surface area contributed by atoms with E-state index in [2.05, 4.69) is 0 Å². The number of fused-ring (bicyclic) bond motifs is 1. The van der Waals surface area contributed by atoms with Crippen molar-refractivity contribution >= 4 is 25.2 Å². The van der Waals surface area contributed by atoms with Crippen LogP contribution in [-0.2, 0) is 0 Å². The number of hydrogen-bond donors (Lipinski definition) is 2. The Morgan fingerprint density at radius 2 is 1.45 bits per heavy atom. The third-order valence-corrected chi connectivity index (χ3v) is 4.88. The van der Waals surface area contributed by atoms with Gasteiger partial charge in [0.25, 0.3) is 0 Å². The fraction of sp³-hybridized carbons (Fsp3) is 0.167. The standard InChI is InChI=1S/C16H14O4.C8H9BO4/c1-18-14-6-5-11(10-17)9-13(14)12-3-2-4-15-16(12)20-8-7-19-15;1-13-8-3-2-6(5-10)4-7(8)9(11)12/h2-6,9-10H,7-8H2,1H3;2-5,11-12H,1H3. The van der Waals surface area contributed by atoms with Gasteiger partial charge in [-0.2, -0.15) is 0 Å². The van der Waals surface area contributed by atoms with Crippen molar-refractivity contribution in [3.63, 3.8) is 0 Å². The molecule has 0 aliphatic carbocycles. The van der Waals surface area contributed by atoms with Crippen molar-refractivity contribution in [2.75, 3.05) is 27.4 Å². The Morgan fingerprint density at radius 3 is 2.09 bits per heavy atom. The summed E-state index contributed by atoms with van der Waals surface area (Å²) in [6, 6.07) is 15.4. The minimum absolute atomic E-state index is 0.187. The molecule has 2 N–H and O–H groups in total. The second-order valence-corrected chi connectivity index (χ2v) is 6.90. The Balaban J connectivity index is 0.000000205. The number of para-hydroxylation sites is 1. The smallest absolute Gasteiger partial charge is 0.492 e. The number of methoxy groups -OCH3 is 2. The van der Waals surface area contributed by atoms with Crippen LogP contribution in [0, 0.1) is 0 Å². The van der Waals surface area contributed by atoms with Gasteiger partial charge >= 0.3 is 7.12 Å². The lowest BCUT2D eigenvalue weighted by molar-refractivity contribution is 0.111. The van der Waals surface area contributed by atoms with E-state index in [9.17, 15) is 9.59 Å². The Labute approximate surface area is 191 Å². The van der Waals surface area contributed by atoms with E-state index in [1.165, 1.54) is 25.3 Å². The van der Waals surface area contributed by atoms with Crippen molar-refractivity contribution in [2.24, 2.45) is 0 Å². The Bertz CT molecular complexity index is 1130. The molecule has 0 fully saturated rings. The van der Waals surface area contributed by atoms with Gasteiger partial charge in [-0.1, -0.05) is 12.1 Å². The minimum atomic E-state index is -1.63. The van der Waals surface area contributed by atoms with Crippen LogP contribution in [0.5, 0.6) is 23.0 Å². The van der Waals surface area contributed by atoms with Crippen LogP contribution in [0.1, 0.15) is 20.7 Å². The maximum absolute atomic E-state index is 11.0. The van der Waals surface area contributed by atoms with Gasteiger partial charge in [-0.05, 0) is 42.5 Å². The minimum Gasteiger partial charge on any atom is -0.497 e. The molecule has 33 heavy (non-hydrogen) atoms. The van der Waals surface area contributed by atoms with Gasteiger partial charge < -0.3 is 29.0 Å². The molecule has 0 saturated heterocycles. The van der Waals surface area contributed by atoms with Crippen LogP contribution in [0.25, 0.3) is 11.1 Å². The van der Waals surface area contributed by atoms with Gasteiger partial charge in [-0.3, -0.25) is 9.59 Å². The highest BCUT2D eigenvalue weighted by Crippen LogP contribution is 2.43. The zero-order valence-corrected chi connectivity index (χ0v) is 18.2. The second-order valence-electron chi connectivity index (χ2n) is 6.90. The molecule has 8 nitrogen and oxygen atoms in total. The summed E-state index contributed by atoms with van der Waals surface area (Å²) in [6.45, 7) is 1.06. The summed E-state index contributed by atoms with van der Waals surface area (Å²) in [5, 5.41) is 17.8. The number of carbonyl (C=O) groups excluding carboxylic acids is 2. The van der Waals surface area contributed by atoms with Crippen LogP contribution < -0.4 is 24.4 Å². The van der Waals surface area contributed by atoms with Crippen LogP contribution in [0.15, 0.2) is 54.6 Å². The third kappa shape index (κ3) is 5.52. The molecule has 0 bridgehead atoms. The molecule has 170 valence electrons. The monoisotopic (exact) mass is 450 g/mol. The van der Waals surface area contributed by atoms with Gasteiger partial charge in [0.1, 0.15) is 37.3 Å². The number of carbonyl (C=O) groups is 2. The number of aldehydes is 2. The van der Waals surface area contributed by atoms with Crippen LogP contribution in [0.2, 0.25) is 0 Å². The summed E-state index contributed by atoms with van der Waals surface area (Å²) >= 11 is 0. The van der Waals surface area contributed by atoms with Crippen LogP contribution in [0.3, 0.4) is 0 Å². The molecule has 1 aliphatic heterocycles. The predicted octanol–water partition coefficient (Wildman–Crippen LogP) is 2.13. The third-order valence-electron chi connectivity index (χ3n) is 4.88. The lowest BCUT2D eigenvalue weighted by Crippen LogP contribution is -2.31. The summed E-state index contributed by atoms with van der Waals surface area (Å²) in [5.41, 5.74) is 2.84. The fourth-order valence-electron chi connectivity index (χ4n) is 3.32. The normalized spacial score (nSPS) is 11.5. The highest BCUT2D eigenvalue weighted by atomic mass is 16.6. The molecule has 0 aromatic heterocycles. The Kier molecular flexibility index (Phi) is 8.07. The van der Waals surface area contributed by atoms with Crippen molar-refractivity contribution in [3.8, 4) is 34.1 Å². The van der Waals surface area contributed by atoms with E-state index in [4.69, 9.17) is 29.0 Å². The molecule has 3 aromatic rings. The van der Waals surface area contributed by atoms with Crippen LogP contribution >= 0.6 is 0 Å². The molecule has 0 unspecified atom stereocenters. The summed E-state index contributed by atoms with van der Waals surface area (Å²) in [5.74, 6) is 2.45. The van der Waals surface area contributed by atoms with E-state index in [1.54, 1.807) is 25.3 Å². The van der Waals surface area contributed by atoms with Crippen molar-refractivity contribution < 1.29 is 38.6 Å². The molecular weight excluding hydrogens is 427 g/mol. The van der Waals surface area contributed by atoms with Crippen molar-refractivity contribution in [1.82, 2.24) is 0 Å². The maximum Gasteiger partial charge on any atom is 0.492 e. The zero-order chi connectivity index (χ0) is 23.8. The quantitative estimate of drug-likeness (QED) is 0.434.